The van der Waals surface area contributed by atoms with E-state index in [0.29, 0.717) is 6.54 Å². The van der Waals surface area contributed by atoms with Gasteiger partial charge in [0.05, 0.1) is 0 Å². The minimum Gasteiger partial charge on any atom is -0.333 e. The molecule has 20 heavy (non-hydrogen) atoms. The summed E-state index contributed by atoms with van der Waals surface area (Å²) in [5.41, 5.74) is 1.94. The third kappa shape index (κ3) is 4.37. The highest BCUT2D eigenvalue weighted by Crippen LogP contribution is 2.14. The number of halogens is 1. The van der Waals surface area contributed by atoms with E-state index in [1.54, 1.807) is 0 Å². The molecule has 0 spiro atoms. The van der Waals surface area contributed by atoms with Gasteiger partial charge in [0.25, 0.3) is 5.91 Å². The number of carbonyl (C=O) groups excluding carboxylic acids is 1. The van der Waals surface area contributed by atoms with Gasteiger partial charge >= 0.3 is 0 Å². The highest BCUT2D eigenvalue weighted by Gasteiger charge is 2.11. The van der Waals surface area contributed by atoms with Gasteiger partial charge in [-0.2, -0.15) is 0 Å². The number of carbonyl (C=O) groups is 1. The van der Waals surface area contributed by atoms with Crippen molar-refractivity contribution in [2.24, 2.45) is 0 Å². The molecule has 2 aromatic rings. The Morgan fingerprint density at radius 2 is 1.95 bits per heavy atom. The maximum atomic E-state index is 11.8. The Morgan fingerprint density at radius 1 is 1.20 bits per heavy atom. The molecule has 0 aromatic heterocycles. The highest BCUT2D eigenvalue weighted by atomic mass is 35.5. The summed E-state index contributed by atoms with van der Waals surface area (Å²) in [5, 5.41) is 5.57. The summed E-state index contributed by atoms with van der Waals surface area (Å²) in [6.45, 7) is 2.43. The van der Waals surface area contributed by atoms with Crippen LogP contribution >= 0.6 is 11.6 Å². The highest BCUT2D eigenvalue weighted by molar-refractivity contribution is 6.30. The Kier molecular flexibility index (Phi) is 5.16. The number of para-hydroxylation sites is 1. The summed E-state index contributed by atoms with van der Waals surface area (Å²) in [6.07, 6.45) is 0. The van der Waals surface area contributed by atoms with Crippen LogP contribution in [-0.2, 0) is 4.79 Å². The Bertz CT molecular complexity index is 572. The van der Waals surface area contributed by atoms with Crippen molar-refractivity contribution in [2.45, 2.75) is 13.0 Å². The van der Waals surface area contributed by atoms with E-state index in [2.05, 4.69) is 12.2 Å². The molecule has 3 nitrogen and oxygen atoms in total. The van der Waals surface area contributed by atoms with Crippen molar-refractivity contribution in [3.05, 3.63) is 65.2 Å². The zero-order chi connectivity index (χ0) is 14.4. The van der Waals surface area contributed by atoms with E-state index < -0.39 is 0 Å². The van der Waals surface area contributed by atoms with Crippen LogP contribution in [-0.4, -0.2) is 12.5 Å². The predicted molar refractivity (Wildman–Crippen MR) is 81.7 cm³/mol. The summed E-state index contributed by atoms with van der Waals surface area (Å²) in [4.78, 5) is 11.8. The molecule has 0 aliphatic carbocycles. The topological polar surface area (TPSA) is 45.7 Å². The first-order valence-corrected chi connectivity index (χ1v) is 6.96. The van der Waals surface area contributed by atoms with Crippen molar-refractivity contribution in [3.63, 3.8) is 0 Å². The van der Waals surface area contributed by atoms with E-state index in [1.165, 1.54) is 0 Å². The van der Waals surface area contributed by atoms with Crippen LogP contribution < -0.4 is 10.6 Å². The van der Waals surface area contributed by atoms with Gasteiger partial charge in [0.2, 0.25) is 0 Å². The van der Waals surface area contributed by atoms with Crippen LogP contribution in [0.2, 0.25) is 5.02 Å². The molecule has 0 aliphatic rings. The number of amides is 1. The summed E-state index contributed by atoms with van der Waals surface area (Å²) in [5.74, 6) is -0.00919. The van der Waals surface area contributed by atoms with Crippen LogP contribution in [0.3, 0.4) is 0 Å². The lowest BCUT2D eigenvalue weighted by molar-refractivity contribution is -0.682. The molecule has 1 atom stereocenters. The number of nitrogens with two attached hydrogens (primary N) is 1. The van der Waals surface area contributed by atoms with Crippen LogP contribution in [0, 0.1) is 0 Å². The molecule has 0 heterocycles. The first-order chi connectivity index (χ1) is 9.65. The average molecular weight is 290 g/mol. The molecule has 1 amide bonds. The van der Waals surface area contributed by atoms with Crippen LogP contribution in [0.5, 0.6) is 0 Å². The molecule has 2 aromatic carbocycles. The third-order valence-corrected chi connectivity index (χ3v) is 3.32. The Balaban J connectivity index is 1.84. The normalized spacial score (nSPS) is 11.9. The number of hydrogen-bond donors (Lipinski definition) is 2. The Hall–Kier alpha value is -1.84. The van der Waals surface area contributed by atoms with Crippen molar-refractivity contribution in [3.8, 4) is 0 Å². The van der Waals surface area contributed by atoms with Gasteiger partial charge in [0.1, 0.15) is 6.04 Å². The van der Waals surface area contributed by atoms with Crippen molar-refractivity contribution in [1.29, 1.82) is 0 Å². The monoisotopic (exact) mass is 289 g/mol. The zero-order valence-electron chi connectivity index (χ0n) is 11.3. The van der Waals surface area contributed by atoms with E-state index in [-0.39, 0.29) is 11.9 Å². The van der Waals surface area contributed by atoms with Gasteiger partial charge in [-0.3, -0.25) is 4.79 Å². The number of nitrogens with one attached hydrogen (secondary N) is 1. The van der Waals surface area contributed by atoms with Crippen LogP contribution in [0.15, 0.2) is 54.6 Å². The fourth-order valence-corrected chi connectivity index (χ4v) is 2.14. The van der Waals surface area contributed by atoms with Crippen molar-refractivity contribution in [2.75, 3.05) is 11.9 Å². The minimum atomic E-state index is -0.00919. The third-order valence-electron chi connectivity index (χ3n) is 3.09. The van der Waals surface area contributed by atoms with E-state index >= 15 is 0 Å². The molecular weight excluding hydrogens is 272 g/mol. The summed E-state index contributed by atoms with van der Waals surface area (Å²) >= 11 is 5.97. The number of rotatable bonds is 5. The lowest BCUT2D eigenvalue weighted by atomic mass is 10.1. The van der Waals surface area contributed by atoms with E-state index in [1.807, 2.05) is 59.9 Å². The molecular formula is C16H18ClN2O+. The average Bonchev–Trinajstić information content (AvgIpc) is 2.46. The van der Waals surface area contributed by atoms with Crippen molar-refractivity contribution < 1.29 is 10.1 Å². The maximum absolute atomic E-state index is 11.8. The van der Waals surface area contributed by atoms with Gasteiger partial charge in [-0.15, -0.1) is 0 Å². The Morgan fingerprint density at radius 3 is 2.65 bits per heavy atom. The predicted octanol–water partition coefficient (Wildman–Crippen LogP) is 2.60. The summed E-state index contributed by atoms with van der Waals surface area (Å²) in [6, 6.07) is 17.4. The van der Waals surface area contributed by atoms with Crippen LogP contribution in [0.4, 0.5) is 5.69 Å². The minimum absolute atomic E-state index is 0.00919. The van der Waals surface area contributed by atoms with Crippen molar-refractivity contribution >= 4 is 23.2 Å². The molecule has 4 heteroatoms. The maximum Gasteiger partial charge on any atom is 0.279 e. The molecule has 0 saturated heterocycles. The molecule has 0 radical (unpaired) electrons. The molecule has 2 rings (SSSR count). The first-order valence-electron chi connectivity index (χ1n) is 6.59. The summed E-state index contributed by atoms with van der Waals surface area (Å²) in [7, 11) is 0. The van der Waals surface area contributed by atoms with Crippen molar-refractivity contribution in [1.82, 2.24) is 0 Å². The fourth-order valence-electron chi connectivity index (χ4n) is 1.94. The summed E-state index contributed by atoms with van der Waals surface area (Å²) < 4.78 is 0. The van der Waals surface area contributed by atoms with Gasteiger partial charge in [-0.05, 0) is 31.2 Å². The van der Waals surface area contributed by atoms with Crippen LogP contribution in [0.25, 0.3) is 0 Å². The zero-order valence-corrected chi connectivity index (χ0v) is 12.1. The lowest BCUT2D eigenvalue weighted by Crippen LogP contribution is -2.86. The number of benzene rings is 2. The standard InChI is InChI=1S/C16H17ClN2O/c1-12(13-6-5-7-14(17)10-13)18-11-16(20)19-15-8-3-2-4-9-15/h2-10,12,18H,11H2,1H3,(H,19,20)/p+1/t12-/m0/s1. The SMILES string of the molecule is C[C@H]([NH2+]CC(=O)Nc1ccccc1)c1cccc(Cl)c1. The quantitative estimate of drug-likeness (QED) is 0.873. The number of anilines is 1. The lowest BCUT2D eigenvalue weighted by Gasteiger charge is -2.11. The molecule has 0 saturated carbocycles. The van der Waals surface area contributed by atoms with E-state index in [0.717, 1.165) is 16.3 Å². The number of quaternary nitrogens is 1. The largest absolute Gasteiger partial charge is 0.333 e. The van der Waals surface area contributed by atoms with Gasteiger partial charge in [-0.25, -0.2) is 0 Å². The molecule has 0 unspecified atom stereocenters. The van der Waals surface area contributed by atoms with Gasteiger partial charge in [0.15, 0.2) is 6.54 Å². The van der Waals surface area contributed by atoms with Gasteiger partial charge in [-0.1, -0.05) is 41.9 Å². The second kappa shape index (κ2) is 7.08. The second-order valence-electron chi connectivity index (χ2n) is 4.70. The number of hydrogen-bond acceptors (Lipinski definition) is 1. The van der Waals surface area contributed by atoms with Gasteiger partial charge < -0.3 is 10.6 Å². The van der Waals surface area contributed by atoms with E-state index in [9.17, 15) is 4.79 Å². The molecule has 3 N–H and O–H groups in total. The second-order valence-corrected chi connectivity index (χ2v) is 5.13. The molecule has 104 valence electrons. The molecule has 0 bridgehead atoms. The van der Waals surface area contributed by atoms with Gasteiger partial charge in [0, 0.05) is 16.3 Å². The Labute approximate surface area is 124 Å². The first kappa shape index (κ1) is 14.6. The molecule has 0 aliphatic heterocycles. The molecule has 0 fully saturated rings. The smallest absolute Gasteiger partial charge is 0.279 e. The van der Waals surface area contributed by atoms with E-state index in [4.69, 9.17) is 11.6 Å². The fraction of sp³-hybridized carbons (Fsp3) is 0.188. The van der Waals surface area contributed by atoms with Crippen LogP contribution in [0.1, 0.15) is 18.5 Å².